The van der Waals surface area contributed by atoms with Crippen molar-refractivity contribution in [3.05, 3.63) is 88.4 Å². The van der Waals surface area contributed by atoms with Crippen LogP contribution < -0.4 is 14.4 Å². The Balaban J connectivity index is 2.05. The third-order valence-electron chi connectivity index (χ3n) is 6.88. The Hall–Kier alpha value is -3.37. The summed E-state index contributed by atoms with van der Waals surface area (Å²) in [6.07, 6.45) is 1.09. The van der Waals surface area contributed by atoms with E-state index < -0.39 is 28.5 Å². The molecule has 0 saturated carbocycles. The lowest BCUT2D eigenvalue weighted by Gasteiger charge is -2.33. The van der Waals surface area contributed by atoms with E-state index in [0.29, 0.717) is 22.3 Å². The maximum absolute atomic E-state index is 14.1. The molecule has 10 heteroatoms. The molecule has 0 radical (unpaired) electrons. The Labute approximate surface area is 251 Å². The smallest absolute Gasteiger partial charge is 0.264 e. The molecule has 220 valence electrons. The van der Waals surface area contributed by atoms with Crippen LogP contribution in [0.3, 0.4) is 0 Å². The van der Waals surface area contributed by atoms with Crippen LogP contribution in [0.15, 0.2) is 82.2 Å². The second-order valence-electron chi connectivity index (χ2n) is 9.92. The lowest BCUT2D eigenvalue weighted by Crippen LogP contribution is -2.53. The summed E-state index contributed by atoms with van der Waals surface area (Å²) in [7, 11) is -2.55. The van der Waals surface area contributed by atoms with Gasteiger partial charge in [0, 0.05) is 17.1 Å². The summed E-state index contributed by atoms with van der Waals surface area (Å²) in [4.78, 5) is 29.0. The number of halogens is 1. The van der Waals surface area contributed by atoms with Gasteiger partial charge in [-0.05, 0) is 74.7 Å². The van der Waals surface area contributed by atoms with Crippen molar-refractivity contribution >= 4 is 43.5 Å². The molecule has 0 bridgehead atoms. The predicted octanol–water partition coefficient (Wildman–Crippen LogP) is 5.68. The molecule has 1 N–H and O–H groups in total. The van der Waals surface area contributed by atoms with Crippen molar-refractivity contribution in [2.75, 3.05) is 18.0 Å². The minimum absolute atomic E-state index is 0.0686. The highest BCUT2D eigenvalue weighted by Crippen LogP contribution is 2.27. The SMILES string of the molecule is CC[C@@H](C)NC(=O)[C@@H](CC)N(Cc1ccc(OC)cc1)C(=O)CN(c1cccc(Br)c1)S(=O)(=O)c1ccc(C)cc1. The first-order valence-electron chi connectivity index (χ1n) is 13.6. The summed E-state index contributed by atoms with van der Waals surface area (Å²) < 4.78 is 34.9. The van der Waals surface area contributed by atoms with Gasteiger partial charge in [0.2, 0.25) is 11.8 Å². The predicted molar refractivity (Wildman–Crippen MR) is 165 cm³/mol. The van der Waals surface area contributed by atoms with E-state index in [4.69, 9.17) is 4.74 Å². The van der Waals surface area contributed by atoms with Crippen molar-refractivity contribution in [2.45, 2.75) is 64.1 Å². The zero-order valence-electron chi connectivity index (χ0n) is 24.1. The van der Waals surface area contributed by atoms with Gasteiger partial charge in [0.05, 0.1) is 17.7 Å². The number of nitrogens with zero attached hydrogens (tertiary/aromatic N) is 2. The second kappa shape index (κ2) is 14.5. The topological polar surface area (TPSA) is 96.0 Å². The molecule has 0 saturated heterocycles. The Morgan fingerprint density at radius 1 is 0.976 bits per heavy atom. The molecular weight excluding hydrogens is 606 g/mol. The van der Waals surface area contributed by atoms with Gasteiger partial charge < -0.3 is 15.0 Å². The fourth-order valence-electron chi connectivity index (χ4n) is 4.29. The number of hydrogen-bond donors (Lipinski definition) is 1. The van der Waals surface area contributed by atoms with Gasteiger partial charge in [-0.25, -0.2) is 8.42 Å². The summed E-state index contributed by atoms with van der Waals surface area (Å²) >= 11 is 3.42. The molecule has 3 aromatic rings. The van der Waals surface area contributed by atoms with E-state index in [-0.39, 0.29) is 23.4 Å². The summed E-state index contributed by atoms with van der Waals surface area (Å²) in [6, 6.07) is 19.6. The van der Waals surface area contributed by atoms with Crippen LogP contribution in [0, 0.1) is 6.92 Å². The fourth-order valence-corrected chi connectivity index (χ4v) is 6.08. The van der Waals surface area contributed by atoms with Gasteiger partial charge in [0.1, 0.15) is 18.3 Å². The van der Waals surface area contributed by atoms with Crippen LogP contribution in [0.5, 0.6) is 5.75 Å². The van der Waals surface area contributed by atoms with E-state index in [1.54, 1.807) is 55.6 Å². The normalized spacial score (nSPS) is 12.7. The quantitative estimate of drug-likeness (QED) is 0.258. The van der Waals surface area contributed by atoms with Crippen molar-refractivity contribution in [3.63, 3.8) is 0 Å². The summed E-state index contributed by atoms with van der Waals surface area (Å²) in [5.74, 6) is -0.111. The van der Waals surface area contributed by atoms with Crippen LogP contribution in [0.1, 0.15) is 44.7 Å². The highest BCUT2D eigenvalue weighted by Gasteiger charge is 2.34. The summed E-state index contributed by atoms with van der Waals surface area (Å²) in [5.41, 5.74) is 2.02. The molecule has 0 fully saturated rings. The molecule has 2 amide bonds. The number of anilines is 1. The van der Waals surface area contributed by atoms with Crippen molar-refractivity contribution in [2.24, 2.45) is 0 Å². The second-order valence-corrected chi connectivity index (χ2v) is 12.7. The average molecular weight is 645 g/mol. The molecular formula is C31H38BrN3O5S. The maximum Gasteiger partial charge on any atom is 0.264 e. The Kier molecular flexibility index (Phi) is 11.4. The molecule has 2 atom stereocenters. The summed E-state index contributed by atoms with van der Waals surface area (Å²) in [5, 5.41) is 2.98. The molecule has 8 nitrogen and oxygen atoms in total. The molecule has 0 spiro atoms. The lowest BCUT2D eigenvalue weighted by atomic mass is 10.1. The van der Waals surface area contributed by atoms with Gasteiger partial charge in [0.25, 0.3) is 10.0 Å². The van der Waals surface area contributed by atoms with Crippen LogP contribution in [-0.4, -0.2) is 50.9 Å². The number of nitrogens with one attached hydrogen (secondary N) is 1. The number of sulfonamides is 1. The summed E-state index contributed by atoms with van der Waals surface area (Å²) in [6.45, 7) is 7.21. The van der Waals surface area contributed by atoms with Crippen molar-refractivity contribution in [1.29, 1.82) is 0 Å². The van der Waals surface area contributed by atoms with Crippen molar-refractivity contribution in [1.82, 2.24) is 10.2 Å². The molecule has 3 rings (SSSR count). The van der Waals surface area contributed by atoms with E-state index in [2.05, 4.69) is 21.2 Å². The van der Waals surface area contributed by atoms with Gasteiger partial charge in [0.15, 0.2) is 0 Å². The first-order chi connectivity index (χ1) is 19.5. The minimum atomic E-state index is -4.13. The Morgan fingerprint density at radius 3 is 2.20 bits per heavy atom. The number of methoxy groups -OCH3 is 1. The fraction of sp³-hybridized carbons (Fsp3) is 0.355. The van der Waals surface area contributed by atoms with E-state index in [1.807, 2.05) is 39.8 Å². The first kappa shape index (κ1) is 32.1. The van der Waals surface area contributed by atoms with Gasteiger partial charge in [-0.1, -0.05) is 65.7 Å². The van der Waals surface area contributed by atoms with E-state index in [9.17, 15) is 18.0 Å². The van der Waals surface area contributed by atoms with Crippen LogP contribution in [0.2, 0.25) is 0 Å². The zero-order valence-corrected chi connectivity index (χ0v) is 26.5. The van der Waals surface area contributed by atoms with Crippen LogP contribution in [0.25, 0.3) is 0 Å². The number of amides is 2. The number of ether oxygens (including phenoxy) is 1. The molecule has 0 aliphatic rings. The standard InChI is InChI=1S/C31H38BrN3O5S/c1-6-23(4)33-31(37)29(7-2)34(20-24-13-15-27(40-5)16-14-24)30(36)21-35(26-10-8-9-25(32)19-26)41(38,39)28-17-11-22(3)12-18-28/h8-19,23,29H,6-7,20-21H2,1-5H3,(H,33,37)/t23-,29-/m1/s1. The van der Waals surface area contributed by atoms with E-state index >= 15 is 0 Å². The number of rotatable bonds is 13. The number of carbonyl (C=O) groups excluding carboxylic acids is 2. The largest absolute Gasteiger partial charge is 0.497 e. The first-order valence-corrected chi connectivity index (χ1v) is 15.8. The monoisotopic (exact) mass is 643 g/mol. The Bertz CT molecular complexity index is 1430. The van der Waals surface area contributed by atoms with Gasteiger partial charge in [-0.2, -0.15) is 0 Å². The average Bonchev–Trinajstić information content (AvgIpc) is 2.96. The number of benzene rings is 3. The molecule has 0 unspecified atom stereocenters. The number of hydrogen-bond acceptors (Lipinski definition) is 5. The molecule has 3 aromatic carbocycles. The van der Waals surface area contributed by atoms with Crippen LogP contribution >= 0.6 is 15.9 Å². The maximum atomic E-state index is 14.1. The number of aryl methyl sites for hydroxylation is 1. The highest BCUT2D eigenvalue weighted by molar-refractivity contribution is 9.10. The van der Waals surface area contributed by atoms with E-state index in [1.165, 1.54) is 17.0 Å². The minimum Gasteiger partial charge on any atom is -0.497 e. The van der Waals surface area contributed by atoms with Gasteiger partial charge >= 0.3 is 0 Å². The van der Waals surface area contributed by atoms with E-state index in [0.717, 1.165) is 21.9 Å². The lowest BCUT2D eigenvalue weighted by molar-refractivity contribution is -0.140. The Morgan fingerprint density at radius 2 is 1.63 bits per heavy atom. The zero-order chi connectivity index (χ0) is 30.2. The van der Waals surface area contributed by atoms with Crippen molar-refractivity contribution in [3.8, 4) is 5.75 Å². The molecule has 0 heterocycles. The molecule has 0 aliphatic carbocycles. The van der Waals surface area contributed by atoms with Crippen LogP contribution in [-0.2, 0) is 26.2 Å². The third-order valence-corrected chi connectivity index (χ3v) is 9.16. The molecule has 0 aromatic heterocycles. The van der Waals surface area contributed by atoms with Gasteiger partial charge in [-0.15, -0.1) is 0 Å². The van der Waals surface area contributed by atoms with Crippen molar-refractivity contribution < 1.29 is 22.7 Å². The highest BCUT2D eigenvalue weighted by atomic mass is 79.9. The van der Waals surface area contributed by atoms with Gasteiger partial charge in [-0.3, -0.25) is 13.9 Å². The molecule has 0 aliphatic heterocycles. The van der Waals surface area contributed by atoms with Crippen LogP contribution in [0.4, 0.5) is 5.69 Å². The molecule has 41 heavy (non-hydrogen) atoms. The number of carbonyl (C=O) groups is 2. The third kappa shape index (κ3) is 8.33.